The minimum absolute atomic E-state index is 0.0124. The van der Waals surface area contributed by atoms with Crippen LogP contribution in [0, 0.1) is 12.7 Å². The van der Waals surface area contributed by atoms with E-state index < -0.39 is 0 Å². The molecule has 0 aliphatic heterocycles. The highest BCUT2D eigenvalue weighted by molar-refractivity contribution is 5.94. The van der Waals surface area contributed by atoms with E-state index in [0.29, 0.717) is 18.7 Å². The number of carbonyl (C=O) groups excluding carboxylic acids is 1. The van der Waals surface area contributed by atoms with Crippen molar-refractivity contribution in [2.45, 2.75) is 53.1 Å². The molecule has 0 radical (unpaired) electrons. The molecule has 0 aliphatic rings. The summed E-state index contributed by atoms with van der Waals surface area (Å²) < 4.78 is 15.8. The fourth-order valence-electron chi connectivity index (χ4n) is 3.47. The molecule has 28 heavy (non-hydrogen) atoms. The van der Waals surface area contributed by atoms with Gasteiger partial charge in [0.1, 0.15) is 11.6 Å². The summed E-state index contributed by atoms with van der Waals surface area (Å²) >= 11 is 0. The molecule has 3 rings (SSSR count). The van der Waals surface area contributed by atoms with Gasteiger partial charge in [0.25, 0.3) is 5.91 Å². The maximum atomic E-state index is 13.8. The van der Waals surface area contributed by atoms with Gasteiger partial charge in [-0.2, -0.15) is 0 Å². The molecule has 0 unspecified atom stereocenters. The van der Waals surface area contributed by atoms with Crippen LogP contribution in [-0.4, -0.2) is 26.9 Å². The lowest BCUT2D eigenvalue weighted by Crippen LogP contribution is -2.32. The average Bonchev–Trinajstić information content (AvgIpc) is 3.01. The standard InChI is InChI=1S/C23H28FN3O/c1-4-6-13-26(23(28)18-9-7-8-17(3)14-18)16-22-25-20-11-10-19(24)15-21(20)27(22)12-5-2/h7-11,14-15H,4-6,12-13,16H2,1-3H3. The third-order valence-corrected chi connectivity index (χ3v) is 4.90. The van der Waals surface area contributed by atoms with Crippen molar-refractivity contribution in [3.63, 3.8) is 0 Å². The molecule has 148 valence electrons. The predicted molar refractivity (Wildman–Crippen MR) is 111 cm³/mol. The molecular weight excluding hydrogens is 353 g/mol. The number of unbranched alkanes of at least 4 members (excludes halogenated alkanes) is 1. The van der Waals surface area contributed by atoms with Crippen molar-refractivity contribution >= 4 is 16.9 Å². The molecule has 0 fully saturated rings. The third-order valence-electron chi connectivity index (χ3n) is 4.90. The van der Waals surface area contributed by atoms with E-state index in [-0.39, 0.29) is 11.7 Å². The van der Waals surface area contributed by atoms with Gasteiger partial charge in [-0.15, -0.1) is 0 Å². The van der Waals surface area contributed by atoms with Crippen LogP contribution in [0.4, 0.5) is 4.39 Å². The van der Waals surface area contributed by atoms with Crippen LogP contribution in [0.25, 0.3) is 11.0 Å². The van der Waals surface area contributed by atoms with Crippen molar-refractivity contribution in [3.05, 3.63) is 65.2 Å². The first kappa shape index (κ1) is 20.1. The van der Waals surface area contributed by atoms with Gasteiger partial charge in [0.15, 0.2) is 0 Å². The van der Waals surface area contributed by atoms with E-state index in [1.54, 1.807) is 6.07 Å². The molecule has 3 aromatic rings. The Hall–Kier alpha value is -2.69. The highest BCUT2D eigenvalue weighted by atomic mass is 19.1. The zero-order valence-electron chi connectivity index (χ0n) is 16.9. The second kappa shape index (κ2) is 9.00. The number of rotatable bonds is 8. The van der Waals surface area contributed by atoms with Gasteiger partial charge in [-0.05, 0) is 50.1 Å². The smallest absolute Gasteiger partial charge is 0.254 e. The van der Waals surface area contributed by atoms with Crippen LogP contribution in [-0.2, 0) is 13.1 Å². The molecular formula is C23H28FN3O. The first-order valence-corrected chi connectivity index (χ1v) is 10.0. The number of benzene rings is 2. The second-order valence-corrected chi connectivity index (χ2v) is 7.26. The Morgan fingerprint density at radius 2 is 1.96 bits per heavy atom. The van der Waals surface area contributed by atoms with Crippen LogP contribution in [0.3, 0.4) is 0 Å². The summed E-state index contributed by atoms with van der Waals surface area (Å²) in [6, 6.07) is 12.4. The van der Waals surface area contributed by atoms with Crippen molar-refractivity contribution in [1.29, 1.82) is 0 Å². The van der Waals surface area contributed by atoms with Crippen molar-refractivity contribution in [1.82, 2.24) is 14.5 Å². The van der Waals surface area contributed by atoms with Crippen LogP contribution in [0.2, 0.25) is 0 Å². The van der Waals surface area contributed by atoms with E-state index in [1.165, 1.54) is 12.1 Å². The highest BCUT2D eigenvalue weighted by Gasteiger charge is 2.20. The zero-order valence-corrected chi connectivity index (χ0v) is 16.9. The molecule has 1 amide bonds. The molecule has 0 N–H and O–H groups in total. The molecule has 1 heterocycles. The van der Waals surface area contributed by atoms with Gasteiger partial charge in [-0.1, -0.05) is 38.0 Å². The lowest BCUT2D eigenvalue weighted by Gasteiger charge is -2.23. The minimum Gasteiger partial charge on any atom is -0.331 e. The Morgan fingerprint density at radius 3 is 2.68 bits per heavy atom. The van der Waals surface area contributed by atoms with Crippen molar-refractivity contribution in [3.8, 4) is 0 Å². The third kappa shape index (κ3) is 4.41. The van der Waals surface area contributed by atoms with Gasteiger partial charge in [0.2, 0.25) is 0 Å². The number of hydrogen-bond acceptors (Lipinski definition) is 2. The van der Waals surface area contributed by atoms with Crippen LogP contribution in [0.5, 0.6) is 0 Å². The first-order valence-electron chi connectivity index (χ1n) is 10.0. The van der Waals surface area contributed by atoms with Crippen molar-refractivity contribution in [2.24, 2.45) is 0 Å². The van der Waals surface area contributed by atoms with E-state index in [1.807, 2.05) is 40.7 Å². The summed E-state index contributed by atoms with van der Waals surface area (Å²) in [5, 5.41) is 0. The molecule has 0 saturated heterocycles. The van der Waals surface area contributed by atoms with E-state index in [0.717, 1.165) is 48.2 Å². The molecule has 4 nitrogen and oxygen atoms in total. The SMILES string of the molecule is CCCCN(Cc1nc2ccc(F)cc2n1CCC)C(=O)c1cccc(C)c1. The Labute approximate surface area is 166 Å². The van der Waals surface area contributed by atoms with Crippen LogP contribution >= 0.6 is 0 Å². The molecule has 0 saturated carbocycles. The van der Waals surface area contributed by atoms with Crippen LogP contribution in [0.1, 0.15) is 54.9 Å². The second-order valence-electron chi connectivity index (χ2n) is 7.26. The highest BCUT2D eigenvalue weighted by Crippen LogP contribution is 2.20. The number of hydrogen-bond donors (Lipinski definition) is 0. The predicted octanol–water partition coefficient (Wildman–Crippen LogP) is 5.34. The maximum absolute atomic E-state index is 13.8. The number of halogens is 1. The van der Waals surface area contributed by atoms with Crippen LogP contribution in [0.15, 0.2) is 42.5 Å². The van der Waals surface area contributed by atoms with E-state index in [4.69, 9.17) is 4.98 Å². The van der Waals surface area contributed by atoms with Gasteiger partial charge >= 0.3 is 0 Å². The molecule has 0 spiro atoms. The lowest BCUT2D eigenvalue weighted by molar-refractivity contribution is 0.0734. The van der Waals surface area contributed by atoms with Gasteiger partial charge in [-0.25, -0.2) is 9.37 Å². The molecule has 0 aliphatic carbocycles. The van der Waals surface area contributed by atoms with E-state index >= 15 is 0 Å². The quantitative estimate of drug-likeness (QED) is 0.528. The average molecular weight is 381 g/mol. The number of amides is 1. The molecule has 0 atom stereocenters. The maximum Gasteiger partial charge on any atom is 0.254 e. The van der Waals surface area contributed by atoms with E-state index in [2.05, 4.69) is 13.8 Å². The zero-order chi connectivity index (χ0) is 20.1. The molecule has 0 bridgehead atoms. The fourth-order valence-corrected chi connectivity index (χ4v) is 3.47. The monoisotopic (exact) mass is 381 g/mol. The summed E-state index contributed by atoms with van der Waals surface area (Å²) in [7, 11) is 0. The summed E-state index contributed by atoms with van der Waals surface area (Å²) in [4.78, 5) is 19.8. The number of fused-ring (bicyclic) bond motifs is 1. The Balaban J connectivity index is 1.96. The fraction of sp³-hybridized carbons (Fsp3) is 0.391. The number of carbonyl (C=O) groups is 1. The molecule has 5 heteroatoms. The van der Waals surface area contributed by atoms with E-state index in [9.17, 15) is 9.18 Å². The van der Waals surface area contributed by atoms with Crippen molar-refractivity contribution in [2.75, 3.05) is 6.54 Å². The van der Waals surface area contributed by atoms with Gasteiger partial charge in [0.05, 0.1) is 17.6 Å². The Bertz CT molecular complexity index is 964. The van der Waals surface area contributed by atoms with Crippen LogP contribution < -0.4 is 0 Å². The molecule has 2 aromatic carbocycles. The summed E-state index contributed by atoms with van der Waals surface area (Å²) in [5.74, 6) is 0.549. The number of aryl methyl sites for hydroxylation is 2. The number of nitrogens with zero attached hydrogens (tertiary/aromatic N) is 3. The topological polar surface area (TPSA) is 38.1 Å². The summed E-state index contributed by atoms with van der Waals surface area (Å²) in [6.45, 7) is 8.03. The lowest BCUT2D eigenvalue weighted by atomic mass is 10.1. The van der Waals surface area contributed by atoms with Gasteiger partial charge in [-0.3, -0.25) is 4.79 Å². The normalized spacial score (nSPS) is 11.1. The molecule has 1 aromatic heterocycles. The number of aromatic nitrogens is 2. The van der Waals surface area contributed by atoms with Gasteiger partial charge < -0.3 is 9.47 Å². The largest absolute Gasteiger partial charge is 0.331 e. The minimum atomic E-state index is -0.269. The first-order chi connectivity index (χ1) is 13.5. The Morgan fingerprint density at radius 1 is 1.14 bits per heavy atom. The number of imidazole rings is 1. The Kier molecular flexibility index (Phi) is 6.45. The summed E-state index contributed by atoms with van der Waals surface area (Å²) in [6.07, 6.45) is 2.85. The summed E-state index contributed by atoms with van der Waals surface area (Å²) in [5.41, 5.74) is 3.31. The van der Waals surface area contributed by atoms with Crippen molar-refractivity contribution < 1.29 is 9.18 Å². The van der Waals surface area contributed by atoms with Gasteiger partial charge in [0, 0.05) is 18.7 Å².